The molecule has 1 saturated carbocycles. The zero-order valence-corrected chi connectivity index (χ0v) is 6.89. The molecule has 0 aromatic rings. The topological polar surface area (TPSA) is 41.1 Å². The number of alkyl halides is 2. The summed E-state index contributed by atoms with van der Waals surface area (Å²) in [5, 5.41) is 4.73. The first-order valence-electron chi connectivity index (χ1n) is 3.91. The average molecular weight is 188 g/mol. The van der Waals surface area contributed by atoms with Crippen molar-refractivity contribution in [3.8, 4) is 12.3 Å². The Balaban J connectivity index is 2.14. The smallest absolute Gasteiger partial charge is 0.315 e. The van der Waals surface area contributed by atoms with Crippen molar-refractivity contribution in [1.29, 1.82) is 0 Å². The van der Waals surface area contributed by atoms with Crippen LogP contribution in [0.5, 0.6) is 0 Å². The van der Waals surface area contributed by atoms with Crippen molar-refractivity contribution in [1.82, 2.24) is 10.6 Å². The fraction of sp³-hybridized carbons (Fsp3) is 0.625. The summed E-state index contributed by atoms with van der Waals surface area (Å²) in [4.78, 5) is 10.9. The molecule has 2 amide bonds. The van der Waals surface area contributed by atoms with E-state index in [-0.39, 0.29) is 6.54 Å². The molecule has 0 heterocycles. The number of urea groups is 1. The van der Waals surface area contributed by atoms with Crippen molar-refractivity contribution >= 4 is 6.03 Å². The van der Waals surface area contributed by atoms with Crippen molar-refractivity contribution in [3.05, 3.63) is 0 Å². The van der Waals surface area contributed by atoms with Gasteiger partial charge in [-0.1, -0.05) is 5.92 Å². The fourth-order valence-corrected chi connectivity index (χ4v) is 1.01. The largest absolute Gasteiger partial charge is 0.335 e. The number of hydrogen-bond donors (Lipinski definition) is 2. The number of carbonyl (C=O) groups is 1. The minimum absolute atomic E-state index is 0.109. The Morgan fingerprint density at radius 3 is 2.85 bits per heavy atom. The molecule has 1 aliphatic rings. The molecule has 0 aromatic heterocycles. The van der Waals surface area contributed by atoms with Gasteiger partial charge in [0.15, 0.2) is 0 Å². The number of nitrogens with one attached hydrogen (secondary N) is 2. The van der Waals surface area contributed by atoms with Crippen molar-refractivity contribution in [2.75, 3.05) is 6.54 Å². The SMILES string of the molecule is C#CCNC(=O)N[C@H]1C[C@@H]1C(F)F. The minimum atomic E-state index is -2.35. The highest BCUT2D eigenvalue weighted by molar-refractivity contribution is 5.74. The van der Waals surface area contributed by atoms with Gasteiger partial charge in [-0.15, -0.1) is 6.42 Å². The monoisotopic (exact) mass is 188 g/mol. The second kappa shape index (κ2) is 4.08. The summed E-state index contributed by atoms with van der Waals surface area (Å²) < 4.78 is 23.9. The van der Waals surface area contributed by atoms with Crippen LogP contribution in [0.1, 0.15) is 6.42 Å². The Labute approximate surface area is 74.9 Å². The van der Waals surface area contributed by atoms with Gasteiger partial charge >= 0.3 is 6.03 Å². The maximum atomic E-state index is 12.0. The van der Waals surface area contributed by atoms with E-state index in [2.05, 4.69) is 16.6 Å². The molecule has 3 nitrogen and oxygen atoms in total. The second-order valence-corrected chi connectivity index (χ2v) is 2.87. The van der Waals surface area contributed by atoms with Gasteiger partial charge in [-0.25, -0.2) is 13.6 Å². The molecule has 1 aliphatic carbocycles. The molecule has 1 fully saturated rings. The van der Waals surface area contributed by atoms with E-state index in [1.54, 1.807) is 0 Å². The molecule has 5 heteroatoms. The van der Waals surface area contributed by atoms with E-state index >= 15 is 0 Å². The maximum absolute atomic E-state index is 12.0. The third-order valence-electron chi connectivity index (χ3n) is 1.83. The summed E-state index contributed by atoms with van der Waals surface area (Å²) in [5.41, 5.74) is 0. The number of terminal acetylenes is 1. The van der Waals surface area contributed by atoms with Crippen LogP contribution in [0, 0.1) is 18.3 Å². The van der Waals surface area contributed by atoms with Crippen LogP contribution in [-0.4, -0.2) is 25.0 Å². The fourth-order valence-electron chi connectivity index (χ4n) is 1.01. The Bertz CT molecular complexity index is 237. The lowest BCUT2D eigenvalue weighted by atomic mass is 10.4. The molecule has 0 spiro atoms. The summed E-state index contributed by atoms with van der Waals surface area (Å²) >= 11 is 0. The normalized spacial score (nSPS) is 25.1. The van der Waals surface area contributed by atoms with Crippen molar-refractivity contribution in [2.24, 2.45) is 5.92 Å². The first kappa shape index (κ1) is 9.78. The molecular weight excluding hydrogens is 178 g/mol. The van der Waals surface area contributed by atoms with Crippen molar-refractivity contribution in [2.45, 2.75) is 18.9 Å². The molecule has 1 rings (SSSR count). The van der Waals surface area contributed by atoms with Crippen LogP contribution in [0.25, 0.3) is 0 Å². The number of amides is 2. The molecule has 72 valence electrons. The number of rotatable bonds is 3. The van der Waals surface area contributed by atoms with Gasteiger partial charge in [0.05, 0.1) is 6.54 Å². The van der Waals surface area contributed by atoms with E-state index in [9.17, 15) is 13.6 Å². The van der Waals surface area contributed by atoms with Gasteiger partial charge in [-0.05, 0) is 6.42 Å². The Kier molecular flexibility index (Phi) is 3.07. The van der Waals surface area contributed by atoms with Crippen molar-refractivity contribution < 1.29 is 13.6 Å². The number of hydrogen-bond acceptors (Lipinski definition) is 1. The molecule has 0 aromatic carbocycles. The van der Waals surface area contributed by atoms with Gasteiger partial charge in [0.1, 0.15) is 0 Å². The molecule has 0 saturated heterocycles. The highest BCUT2D eigenvalue weighted by Gasteiger charge is 2.44. The summed E-state index contributed by atoms with van der Waals surface area (Å²) in [7, 11) is 0. The summed E-state index contributed by atoms with van der Waals surface area (Å²) in [5.74, 6) is 1.52. The van der Waals surface area contributed by atoms with E-state index in [0.29, 0.717) is 6.42 Å². The van der Waals surface area contributed by atoms with Crippen LogP contribution in [0.2, 0.25) is 0 Å². The van der Waals surface area contributed by atoms with E-state index in [0.717, 1.165) is 0 Å². The third kappa shape index (κ3) is 2.90. The second-order valence-electron chi connectivity index (χ2n) is 2.87. The first-order valence-corrected chi connectivity index (χ1v) is 3.91. The minimum Gasteiger partial charge on any atom is -0.335 e. The van der Waals surface area contributed by atoms with E-state index in [1.165, 1.54) is 0 Å². The van der Waals surface area contributed by atoms with Crippen LogP contribution in [-0.2, 0) is 0 Å². The lowest BCUT2D eigenvalue weighted by Crippen LogP contribution is -2.38. The van der Waals surface area contributed by atoms with Gasteiger partial charge in [0.25, 0.3) is 0 Å². The molecule has 0 radical (unpaired) electrons. The highest BCUT2D eigenvalue weighted by Crippen LogP contribution is 2.35. The molecule has 2 atom stereocenters. The molecule has 0 bridgehead atoms. The maximum Gasteiger partial charge on any atom is 0.315 e. The summed E-state index contributed by atoms with van der Waals surface area (Å²) in [6.07, 6.45) is 2.89. The molecule has 13 heavy (non-hydrogen) atoms. The number of halogens is 2. The van der Waals surface area contributed by atoms with E-state index in [1.807, 2.05) is 0 Å². The zero-order valence-electron chi connectivity index (χ0n) is 6.89. The number of carbonyl (C=O) groups excluding carboxylic acids is 1. The van der Waals surface area contributed by atoms with Gasteiger partial charge < -0.3 is 10.6 Å². The lowest BCUT2D eigenvalue weighted by molar-refractivity contribution is 0.119. The van der Waals surface area contributed by atoms with Crippen LogP contribution >= 0.6 is 0 Å². The van der Waals surface area contributed by atoms with Crippen molar-refractivity contribution in [3.63, 3.8) is 0 Å². The first-order chi connectivity index (χ1) is 6.15. The van der Waals surface area contributed by atoms with Gasteiger partial charge in [0.2, 0.25) is 6.43 Å². The predicted octanol–water partition coefficient (Wildman–Crippen LogP) is 0.572. The molecule has 2 N–H and O–H groups in total. The Hall–Kier alpha value is -1.31. The standard InChI is InChI=1S/C8H10F2N2O/c1-2-3-11-8(13)12-6-4-5(6)7(9)10/h1,5-7H,3-4H2,(H2,11,12,13)/t5-,6-/m0/s1. The van der Waals surface area contributed by atoms with Gasteiger partial charge in [-0.3, -0.25) is 0 Å². The van der Waals surface area contributed by atoms with Crippen LogP contribution in [0.3, 0.4) is 0 Å². The lowest BCUT2D eigenvalue weighted by Gasteiger charge is -2.03. The molecular formula is C8H10F2N2O. The third-order valence-corrected chi connectivity index (χ3v) is 1.83. The Morgan fingerprint density at radius 2 is 2.38 bits per heavy atom. The zero-order chi connectivity index (χ0) is 9.84. The van der Waals surface area contributed by atoms with Crippen LogP contribution in [0.15, 0.2) is 0 Å². The van der Waals surface area contributed by atoms with E-state index < -0.39 is 24.4 Å². The van der Waals surface area contributed by atoms with Crippen LogP contribution < -0.4 is 10.6 Å². The quantitative estimate of drug-likeness (QED) is 0.625. The Morgan fingerprint density at radius 1 is 1.69 bits per heavy atom. The average Bonchev–Trinajstić information content (AvgIpc) is 2.80. The van der Waals surface area contributed by atoms with Crippen LogP contribution in [0.4, 0.5) is 13.6 Å². The summed E-state index contributed by atoms with van der Waals surface area (Å²) in [6, 6.07) is -0.871. The van der Waals surface area contributed by atoms with E-state index in [4.69, 9.17) is 6.42 Å². The molecule has 0 unspecified atom stereocenters. The molecule has 0 aliphatic heterocycles. The van der Waals surface area contributed by atoms with Gasteiger partial charge in [-0.2, -0.15) is 0 Å². The highest BCUT2D eigenvalue weighted by atomic mass is 19.3. The van der Waals surface area contributed by atoms with Gasteiger partial charge in [0, 0.05) is 12.0 Å². The summed E-state index contributed by atoms with van der Waals surface area (Å²) in [6.45, 7) is 0.109. The predicted molar refractivity (Wildman–Crippen MR) is 43.3 cm³/mol.